The predicted molar refractivity (Wildman–Crippen MR) is 133 cm³/mol. The minimum absolute atomic E-state index is 0.259. The van der Waals surface area contributed by atoms with Crippen molar-refractivity contribution in [2.75, 3.05) is 0 Å². The van der Waals surface area contributed by atoms with Crippen molar-refractivity contribution in [1.29, 1.82) is 0 Å². The highest BCUT2D eigenvalue weighted by Crippen LogP contribution is 2.40. The molecule has 3 aromatic heterocycles. The molecular weight excluding hydrogens is 392 g/mol. The van der Waals surface area contributed by atoms with E-state index in [0.717, 1.165) is 34.0 Å². The van der Waals surface area contributed by atoms with Crippen LogP contribution in [0.1, 0.15) is 43.2 Å². The first-order valence-electron chi connectivity index (χ1n) is 11.3. The number of aryl methyl sites for hydroxylation is 3. The molecule has 5 aromatic rings. The van der Waals surface area contributed by atoms with Gasteiger partial charge in [0.15, 0.2) is 11.8 Å². The van der Waals surface area contributed by atoms with Gasteiger partial charge in [-0.1, -0.05) is 32.9 Å². The predicted octanol–water partition coefficient (Wildman–Crippen LogP) is 7.14. The lowest BCUT2D eigenvalue weighted by atomic mass is 9.87. The van der Waals surface area contributed by atoms with Gasteiger partial charge in [0.1, 0.15) is 7.05 Å². The molecule has 0 saturated carbocycles. The summed E-state index contributed by atoms with van der Waals surface area (Å²) in [7, 11) is 2.12. The van der Waals surface area contributed by atoms with Crippen molar-refractivity contribution in [3.63, 3.8) is 0 Å². The second-order valence-corrected chi connectivity index (χ2v) is 10.4. The van der Waals surface area contributed by atoms with Crippen molar-refractivity contribution in [2.24, 2.45) is 12.5 Å². The number of aromatic nitrogens is 2. The summed E-state index contributed by atoms with van der Waals surface area (Å²) >= 11 is 0. The first-order chi connectivity index (χ1) is 15.1. The van der Waals surface area contributed by atoms with E-state index in [9.17, 15) is 0 Å². The fraction of sp³-hybridized carbons (Fsp3) is 0.310. The van der Waals surface area contributed by atoms with E-state index in [-0.39, 0.29) is 5.41 Å². The fourth-order valence-electron chi connectivity index (χ4n) is 4.85. The molecule has 2 aromatic carbocycles. The number of hydrogen-bond acceptors (Lipinski definition) is 2. The van der Waals surface area contributed by atoms with Crippen LogP contribution in [0.25, 0.3) is 44.1 Å². The van der Waals surface area contributed by atoms with Crippen LogP contribution < -0.4 is 4.57 Å². The Morgan fingerprint density at radius 2 is 1.66 bits per heavy atom. The zero-order chi connectivity index (χ0) is 22.8. The van der Waals surface area contributed by atoms with Gasteiger partial charge in [-0.05, 0) is 78.9 Å². The molecule has 3 heteroatoms. The van der Waals surface area contributed by atoms with Gasteiger partial charge in [0.25, 0.3) is 0 Å². The number of benzene rings is 2. The molecule has 0 radical (unpaired) electrons. The van der Waals surface area contributed by atoms with Crippen LogP contribution in [0.5, 0.6) is 0 Å². The summed E-state index contributed by atoms with van der Waals surface area (Å²) in [5, 5.41) is 4.71. The van der Waals surface area contributed by atoms with Crippen LogP contribution in [0, 0.1) is 26.2 Å². The van der Waals surface area contributed by atoms with Gasteiger partial charge in [0.2, 0.25) is 11.4 Å². The Morgan fingerprint density at radius 3 is 2.41 bits per heavy atom. The third kappa shape index (κ3) is 3.37. The second kappa shape index (κ2) is 7.16. The van der Waals surface area contributed by atoms with E-state index in [1.807, 2.05) is 6.92 Å². The Balaban J connectivity index is 1.85. The monoisotopic (exact) mass is 423 g/mol. The van der Waals surface area contributed by atoms with Gasteiger partial charge in [0, 0.05) is 22.5 Å². The van der Waals surface area contributed by atoms with E-state index in [4.69, 9.17) is 4.42 Å². The molecule has 3 heterocycles. The highest BCUT2D eigenvalue weighted by molar-refractivity contribution is 6.11. The number of hydrogen-bond donors (Lipinski definition) is 0. The molecule has 3 nitrogen and oxygen atoms in total. The van der Waals surface area contributed by atoms with E-state index >= 15 is 0 Å². The van der Waals surface area contributed by atoms with Crippen molar-refractivity contribution in [1.82, 2.24) is 4.98 Å². The van der Waals surface area contributed by atoms with E-state index in [2.05, 4.69) is 99.9 Å². The van der Waals surface area contributed by atoms with E-state index < -0.39 is 0 Å². The minimum atomic E-state index is 0.259. The van der Waals surface area contributed by atoms with Crippen LogP contribution in [0.15, 0.2) is 53.1 Å². The molecular formula is C29H31N2O+. The zero-order valence-corrected chi connectivity index (χ0v) is 20.1. The Morgan fingerprint density at radius 1 is 0.906 bits per heavy atom. The summed E-state index contributed by atoms with van der Waals surface area (Å²) in [6.45, 7) is 13.3. The molecule has 0 bridgehead atoms. The minimum Gasteiger partial charge on any atom is -0.437 e. The molecule has 0 aliphatic rings. The van der Waals surface area contributed by atoms with Crippen LogP contribution in [-0.2, 0) is 13.5 Å². The SMILES string of the molecule is Cc1ccc2c(n1)oc1c(-c3c4ccc(CC(C)(C)C)cc4cc[n+]3C)c(C)c(C)cc12. The van der Waals surface area contributed by atoms with E-state index in [1.165, 1.54) is 33.2 Å². The Hall–Kier alpha value is -3.20. The number of fused-ring (bicyclic) bond motifs is 4. The van der Waals surface area contributed by atoms with Crippen molar-refractivity contribution in [3.8, 4) is 11.3 Å². The van der Waals surface area contributed by atoms with Crippen molar-refractivity contribution in [3.05, 3.63) is 71.0 Å². The maximum absolute atomic E-state index is 6.42. The van der Waals surface area contributed by atoms with Crippen LogP contribution in [0.4, 0.5) is 0 Å². The summed E-state index contributed by atoms with van der Waals surface area (Å²) in [6, 6.07) is 15.6. The smallest absolute Gasteiger partial charge is 0.227 e. The molecule has 0 saturated heterocycles. The Bertz CT molecular complexity index is 1520. The van der Waals surface area contributed by atoms with Gasteiger partial charge < -0.3 is 4.42 Å². The van der Waals surface area contributed by atoms with Gasteiger partial charge in [-0.3, -0.25) is 0 Å². The Labute approximate surface area is 189 Å². The highest BCUT2D eigenvalue weighted by Gasteiger charge is 2.25. The molecule has 5 rings (SSSR count). The third-order valence-corrected chi connectivity index (χ3v) is 6.46. The van der Waals surface area contributed by atoms with Gasteiger partial charge in [0.05, 0.1) is 10.9 Å². The van der Waals surface area contributed by atoms with Crippen molar-refractivity contribution < 1.29 is 8.98 Å². The number of furan rings is 1. The standard InChI is InChI=1S/C29H31N2O/c1-17-14-24-23-10-8-18(2)30-28(23)32-27(24)25(19(17)3)26-22-11-9-20(16-29(4,5)6)15-21(22)12-13-31(26)7/h8-15H,16H2,1-7H3/q+1. The van der Waals surface area contributed by atoms with Gasteiger partial charge in [-0.15, -0.1) is 0 Å². The average molecular weight is 424 g/mol. The third-order valence-electron chi connectivity index (χ3n) is 6.46. The number of rotatable bonds is 2. The van der Waals surface area contributed by atoms with Gasteiger partial charge in [-0.25, -0.2) is 9.55 Å². The van der Waals surface area contributed by atoms with Crippen molar-refractivity contribution >= 4 is 32.8 Å². The molecule has 32 heavy (non-hydrogen) atoms. The Kier molecular flexibility index (Phi) is 4.63. The average Bonchev–Trinajstić information content (AvgIpc) is 3.05. The summed E-state index contributed by atoms with van der Waals surface area (Å²) in [4.78, 5) is 4.66. The zero-order valence-electron chi connectivity index (χ0n) is 20.1. The first-order valence-corrected chi connectivity index (χ1v) is 11.3. The summed E-state index contributed by atoms with van der Waals surface area (Å²) < 4.78 is 8.64. The summed E-state index contributed by atoms with van der Waals surface area (Å²) in [5.74, 6) is 0. The van der Waals surface area contributed by atoms with Gasteiger partial charge >= 0.3 is 0 Å². The molecule has 162 valence electrons. The van der Waals surface area contributed by atoms with Crippen molar-refractivity contribution in [2.45, 2.75) is 48.0 Å². The maximum Gasteiger partial charge on any atom is 0.227 e. The van der Waals surface area contributed by atoms with Gasteiger partial charge in [-0.2, -0.15) is 0 Å². The summed E-state index contributed by atoms with van der Waals surface area (Å²) in [6.07, 6.45) is 3.22. The lowest BCUT2D eigenvalue weighted by Gasteiger charge is -2.18. The normalized spacial score (nSPS) is 12.3. The largest absolute Gasteiger partial charge is 0.437 e. The lowest BCUT2D eigenvalue weighted by molar-refractivity contribution is -0.659. The molecule has 0 atom stereocenters. The quantitative estimate of drug-likeness (QED) is 0.282. The molecule has 0 aliphatic carbocycles. The molecule has 0 aliphatic heterocycles. The molecule has 0 fully saturated rings. The molecule has 0 spiro atoms. The number of nitrogens with zero attached hydrogens (tertiary/aromatic N) is 2. The topological polar surface area (TPSA) is 29.9 Å². The highest BCUT2D eigenvalue weighted by atomic mass is 16.3. The molecule has 0 amide bonds. The first kappa shape index (κ1) is 20.7. The second-order valence-electron chi connectivity index (χ2n) is 10.4. The molecule has 0 unspecified atom stereocenters. The van der Waals surface area contributed by atoms with Crippen LogP contribution >= 0.6 is 0 Å². The number of pyridine rings is 2. The molecule has 0 N–H and O–H groups in total. The van der Waals surface area contributed by atoms with Crippen LogP contribution in [0.2, 0.25) is 0 Å². The van der Waals surface area contributed by atoms with E-state index in [0.29, 0.717) is 5.71 Å². The lowest BCUT2D eigenvalue weighted by Crippen LogP contribution is -2.31. The fourth-order valence-corrected chi connectivity index (χ4v) is 4.85. The maximum atomic E-state index is 6.42. The van der Waals surface area contributed by atoms with Crippen LogP contribution in [-0.4, -0.2) is 4.98 Å². The van der Waals surface area contributed by atoms with E-state index in [1.54, 1.807) is 0 Å². The van der Waals surface area contributed by atoms with Crippen LogP contribution in [0.3, 0.4) is 0 Å². The summed E-state index contributed by atoms with van der Waals surface area (Å²) in [5.41, 5.74) is 9.08.